The van der Waals surface area contributed by atoms with Crippen LogP contribution in [0.15, 0.2) is 12.7 Å². The van der Waals surface area contributed by atoms with Crippen molar-refractivity contribution in [2.75, 3.05) is 0 Å². The minimum atomic E-state index is -1.36. The number of carbonyl (C=O) groups excluding carboxylic acids is 3. The van der Waals surface area contributed by atoms with E-state index >= 15 is 0 Å². The molecule has 0 atom stereocenters. The van der Waals surface area contributed by atoms with Crippen LogP contribution in [-0.2, 0) is 19.1 Å². The van der Waals surface area contributed by atoms with E-state index in [1.807, 2.05) is 0 Å². The van der Waals surface area contributed by atoms with Gasteiger partial charge in [-0.05, 0) is 6.42 Å². The smallest absolute Gasteiger partial charge is 0.550 e. The van der Waals surface area contributed by atoms with Crippen LogP contribution >= 0.6 is 0 Å². The Morgan fingerprint density at radius 2 is 1.85 bits per heavy atom. The molecule has 0 amide bonds. The molecule has 66 valence electrons. The molecule has 0 spiro atoms. The van der Waals surface area contributed by atoms with Crippen molar-refractivity contribution in [3.63, 3.8) is 0 Å². The fourth-order valence-electron chi connectivity index (χ4n) is 0.409. The van der Waals surface area contributed by atoms with Crippen LogP contribution in [0.3, 0.4) is 0 Å². The van der Waals surface area contributed by atoms with Crippen molar-refractivity contribution in [2.24, 2.45) is 0 Å². The average molecular weight is 210 g/mol. The number of ether oxygens (including phenoxy) is 1. The Morgan fingerprint density at radius 1 is 1.31 bits per heavy atom. The topological polar surface area (TPSA) is 83.5 Å². The van der Waals surface area contributed by atoms with Gasteiger partial charge in [-0.3, -0.25) is 4.79 Å². The summed E-state index contributed by atoms with van der Waals surface area (Å²) in [6.45, 7) is 3.05. The normalized spacial score (nSPS) is 8.00. The molecule has 0 bridgehead atoms. The summed E-state index contributed by atoms with van der Waals surface area (Å²) in [6.07, 6.45) is -0.0118. The van der Waals surface area contributed by atoms with Gasteiger partial charge in [-0.15, -0.1) is 0 Å². The van der Waals surface area contributed by atoms with Gasteiger partial charge in [0.25, 0.3) is 0 Å². The van der Waals surface area contributed by atoms with Crippen LogP contribution in [0.4, 0.5) is 0 Å². The van der Waals surface area contributed by atoms with Gasteiger partial charge < -0.3 is 14.6 Å². The Morgan fingerprint density at radius 3 is 2.23 bits per heavy atom. The second-order valence-electron chi connectivity index (χ2n) is 1.87. The monoisotopic (exact) mass is 210 g/mol. The van der Waals surface area contributed by atoms with Gasteiger partial charge in [-0.1, -0.05) is 6.58 Å². The van der Waals surface area contributed by atoms with Gasteiger partial charge in [0.15, 0.2) is 0 Å². The number of carboxylic acids is 1. The Balaban J connectivity index is 0. The maximum Gasteiger partial charge on any atom is 1.00 e. The molecule has 0 unspecified atom stereocenters. The summed E-state index contributed by atoms with van der Waals surface area (Å²) in [5, 5.41) is 9.84. The van der Waals surface area contributed by atoms with Crippen LogP contribution in [0, 0.1) is 0 Å². The number of hydrogen-bond acceptors (Lipinski definition) is 5. The molecule has 0 heterocycles. The summed E-state index contributed by atoms with van der Waals surface area (Å²) in [5.41, 5.74) is 0. The largest absolute Gasteiger partial charge is 1.00 e. The van der Waals surface area contributed by atoms with Gasteiger partial charge in [0.05, 0.1) is 6.42 Å². The molecule has 0 radical (unpaired) electrons. The number of rotatable bonds is 4. The first-order valence-corrected chi connectivity index (χ1v) is 3.13. The zero-order chi connectivity index (χ0) is 9.56. The summed E-state index contributed by atoms with van der Waals surface area (Å²) in [6, 6.07) is 0. The molecule has 0 aliphatic rings. The van der Waals surface area contributed by atoms with E-state index in [2.05, 4.69) is 11.3 Å². The molecular formula is C7H7KO5. The summed E-state index contributed by atoms with van der Waals surface area (Å²) in [4.78, 5) is 30.7. The molecule has 0 rings (SSSR count). The molecule has 6 heteroatoms. The van der Waals surface area contributed by atoms with Gasteiger partial charge >= 0.3 is 63.3 Å². The number of carboxylic acid groups (broad SMARTS) is 1. The van der Waals surface area contributed by atoms with Crippen LogP contribution in [-0.4, -0.2) is 17.9 Å². The van der Waals surface area contributed by atoms with Crippen molar-refractivity contribution in [1.82, 2.24) is 0 Å². The maximum atomic E-state index is 10.5. The average Bonchev–Trinajstić information content (AvgIpc) is 2.00. The second kappa shape index (κ2) is 8.58. The number of carbonyl (C=O) groups is 3. The quantitative estimate of drug-likeness (QED) is 0.203. The third kappa shape index (κ3) is 9.90. The number of esters is 2. The van der Waals surface area contributed by atoms with E-state index in [9.17, 15) is 19.5 Å². The first-order chi connectivity index (χ1) is 5.56. The standard InChI is InChI=1S/C7H8O5.K/c1-2-6(10)12-7(11)4-3-5(8)9;/h2H,1,3-4H2,(H,8,9);/q;+1/p-1. The van der Waals surface area contributed by atoms with E-state index in [1.165, 1.54) is 0 Å². The number of hydrogen-bond donors (Lipinski definition) is 0. The Kier molecular flexibility index (Phi) is 10.2. The molecule has 0 saturated carbocycles. The van der Waals surface area contributed by atoms with Crippen molar-refractivity contribution < 1.29 is 75.6 Å². The third-order valence-electron chi connectivity index (χ3n) is 0.914. The fraction of sp³-hybridized carbons (Fsp3) is 0.286. The molecule has 0 aliphatic heterocycles. The molecule has 0 N–H and O–H groups in total. The number of aliphatic carboxylic acids is 1. The van der Waals surface area contributed by atoms with Gasteiger partial charge in [0.2, 0.25) is 0 Å². The summed E-state index contributed by atoms with van der Waals surface area (Å²) in [5.74, 6) is -3.15. The van der Waals surface area contributed by atoms with Crippen LogP contribution in [0.5, 0.6) is 0 Å². The van der Waals surface area contributed by atoms with E-state index in [0.29, 0.717) is 0 Å². The molecule has 0 fully saturated rings. The Labute approximate surface area is 118 Å². The molecule has 5 nitrogen and oxygen atoms in total. The van der Waals surface area contributed by atoms with Crippen molar-refractivity contribution in [3.05, 3.63) is 12.7 Å². The van der Waals surface area contributed by atoms with Crippen LogP contribution in [0.1, 0.15) is 12.8 Å². The minimum Gasteiger partial charge on any atom is -0.550 e. The Bertz CT molecular complexity index is 223. The first kappa shape index (κ1) is 15.5. The van der Waals surface area contributed by atoms with Crippen LogP contribution < -0.4 is 56.5 Å². The second-order valence-corrected chi connectivity index (χ2v) is 1.87. The Hall–Kier alpha value is -0.0136. The van der Waals surface area contributed by atoms with Crippen molar-refractivity contribution >= 4 is 17.9 Å². The predicted molar refractivity (Wildman–Crippen MR) is 35.5 cm³/mol. The van der Waals surface area contributed by atoms with Crippen molar-refractivity contribution in [3.8, 4) is 0 Å². The third-order valence-corrected chi connectivity index (χ3v) is 0.914. The van der Waals surface area contributed by atoms with E-state index in [1.54, 1.807) is 0 Å². The summed E-state index contributed by atoms with van der Waals surface area (Å²) in [7, 11) is 0. The molecular weight excluding hydrogens is 203 g/mol. The molecule has 0 aromatic heterocycles. The summed E-state index contributed by atoms with van der Waals surface area (Å²) >= 11 is 0. The van der Waals surface area contributed by atoms with Gasteiger partial charge in [0.1, 0.15) is 0 Å². The molecule has 0 aromatic rings. The first-order valence-electron chi connectivity index (χ1n) is 3.13. The SMILES string of the molecule is C=CC(=O)OC(=O)CCC(=O)[O-].[K+]. The zero-order valence-electron chi connectivity index (χ0n) is 7.24. The van der Waals surface area contributed by atoms with E-state index in [0.717, 1.165) is 6.08 Å². The van der Waals surface area contributed by atoms with E-state index < -0.39 is 24.3 Å². The molecule has 0 aromatic carbocycles. The predicted octanol–water partition coefficient (Wildman–Crippen LogP) is -4.22. The van der Waals surface area contributed by atoms with Crippen molar-refractivity contribution in [2.45, 2.75) is 12.8 Å². The van der Waals surface area contributed by atoms with Gasteiger partial charge in [-0.25, -0.2) is 4.79 Å². The fourth-order valence-corrected chi connectivity index (χ4v) is 0.409. The minimum absolute atomic E-state index is 0. The van der Waals surface area contributed by atoms with E-state index in [4.69, 9.17) is 0 Å². The maximum absolute atomic E-state index is 10.5. The molecule has 0 aliphatic carbocycles. The van der Waals surface area contributed by atoms with Crippen LogP contribution in [0.25, 0.3) is 0 Å². The van der Waals surface area contributed by atoms with Gasteiger partial charge in [0, 0.05) is 12.0 Å². The van der Waals surface area contributed by atoms with E-state index in [-0.39, 0.29) is 57.8 Å². The molecule has 0 saturated heterocycles. The van der Waals surface area contributed by atoms with Gasteiger partial charge in [-0.2, -0.15) is 0 Å². The zero-order valence-corrected chi connectivity index (χ0v) is 10.4. The van der Waals surface area contributed by atoms with Crippen molar-refractivity contribution in [1.29, 1.82) is 0 Å². The summed E-state index contributed by atoms with van der Waals surface area (Å²) < 4.78 is 4.06. The van der Waals surface area contributed by atoms with Crippen LogP contribution in [0.2, 0.25) is 0 Å². The molecule has 13 heavy (non-hydrogen) atoms.